The Kier molecular flexibility index (Phi) is 7.05. The molecule has 0 saturated heterocycles. The molecule has 0 aromatic carbocycles. The van der Waals surface area contributed by atoms with Crippen molar-refractivity contribution in [1.29, 1.82) is 0 Å². The van der Waals surface area contributed by atoms with Gasteiger partial charge in [-0.05, 0) is 32.0 Å². The molecule has 0 aliphatic heterocycles. The van der Waals surface area contributed by atoms with E-state index in [2.05, 4.69) is 28.6 Å². The highest BCUT2D eigenvalue weighted by Crippen LogP contribution is 2.22. The van der Waals surface area contributed by atoms with Crippen LogP contribution in [0.4, 0.5) is 0 Å². The Bertz CT molecular complexity index is 365. The molecule has 2 unspecified atom stereocenters. The number of hydrogen-bond acceptors (Lipinski definition) is 4. The molecular formula is C14H25N3OS. The molecule has 1 heterocycles. The molecule has 108 valence electrons. The van der Waals surface area contributed by atoms with Gasteiger partial charge in [-0.1, -0.05) is 25.8 Å². The highest BCUT2D eigenvalue weighted by molar-refractivity contribution is 7.10. The van der Waals surface area contributed by atoms with Crippen LogP contribution in [0.3, 0.4) is 0 Å². The van der Waals surface area contributed by atoms with Crippen molar-refractivity contribution in [2.45, 2.75) is 38.3 Å². The summed E-state index contributed by atoms with van der Waals surface area (Å²) in [5, 5.41) is 5.02. The third-order valence-electron chi connectivity index (χ3n) is 3.17. The minimum absolute atomic E-state index is 0.0446. The Labute approximate surface area is 120 Å². The smallest absolute Gasteiger partial charge is 0.236 e. The maximum Gasteiger partial charge on any atom is 0.236 e. The predicted octanol–water partition coefficient (Wildman–Crippen LogP) is 1.98. The summed E-state index contributed by atoms with van der Waals surface area (Å²) in [6.45, 7) is 2.70. The fraction of sp³-hybridized carbons (Fsp3) is 0.643. The van der Waals surface area contributed by atoms with Crippen molar-refractivity contribution in [2.75, 3.05) is 20.6 Å². The van der Waals surface area contributed by atoms with Crippen LogP contribution in [-0.2, 0) is 4.79 Å². The molecule has 1 aromatic heterocycles. The SMILES string of the molecule is CCCCC(N)C(=O)NCC(c1cccs1)N(C)C. The average molecular weight is 283 g/mol. The Balaban J connectivity index is 2.46. The second kappa shape index (κ2) is 8.30. The van der Waals surface area contributed by atoms with Crippen molar-refractivity contribution in [3.63, 3.8) is 0 Å². The lowest BCUT2D eigenvalue weighted by molar-refractivity contribution is -0.122. The van der Waals surface area contributed by atoms with Gasteiger partial charge >= 0.3 is 0 Å². The van der Waals surface area contributed by atoms with Crippen molar-refractivity contribution in [3.05, 3.63) is 22.4 Å². The number of nitrogens with one attached hydrogen (secondary N) is 1. The molecule has 0 aliphatic rings. The molecule has 0 bridgehead atoms. The zero-order valence-electron chi connectivity index (χ0n) is 12.1. The molecule has 4 nitrogen and oxygen atoms in total. The van der Waals surface area contributed by atoms with Crippen molar-refractivity contribution in [3.8, 4) is 0 Å². The summed E-state index contributed by atoms with van der Waals surface area (Å²) in [6, 6.07) is 3.96. The fourth-order valence-electron chi connectivity index (χ4n) is 1.90. The van der Waals surface area contributed by atoms with Gasteiger partial charge in [0.2, 0.25) is 5.91 Å². The van der Waals surface area contributed by atoms with Gasteiger partial charge in [-0.15, -0.1) is 11.3 Å². The molecule has 5 heteroatoms. The van der Waals surface area contributed by atoms with Crippen LogP contribution in [0.25, 0.3) is 0 Å². The van der Waals surface area contributed by atoms with Gasteiger partial charge < -0.3 is 16.0 Å². The molecule has 2 atom stereocenters. The number of nitrogens with two attached hydrogens (primary N) is 1. The fourth-order valence-corrected chi connectivity index (χ4v) is 2.82. The summed E-state index contributed by atoms with van der Waals surface area (Å²) in [7, 11) is 4.04. The van der Waals surface area contributed by atoms with E-state index in [0.717, 1.165) is 19.3 Å². The van der Waals surface area contributed by atoms with Crippen LogP contribution in [0.2, 0.25) is 0 Å². The Hall–Kier alpha value is -0.910. The molecule has 1 aromatic rings. The van der Waals surface area contributed by atoms with E-state index in [1.54, 1.807) is 11.3 Å². The normalized spacial score (nSPS) is 14.4. The van der Waals surface area contributed by atoms with Gasteiger partial charge in [0, 0.05) is 11.4 Å². The molecule has 0 radical (unpaired) electrons. The maximum atomic E-state index is 11.9. The summed E-state index contributed by atoms with van der Waals surface area (Å²) in [5.74, 6) is -0.0446. The van der Waals surface area contributed by atoms with Gasteiger partial charge in [-0.2, -0.15) is 0 Å². The summed E-state index contributed by atoms with van der Waals surface area (Å²) >= 11 is 1.71. The first-order chi connectivity index (χ1) is 9.06. The average Bonchev–Trinajstić information content (AvgIpc) is 2.89. The van der Waals surface area contributed by atoms with Crippen molar-refractivity contribution < 1.29 is 4.79 Å². The first kappa shape index (κ1) is 16.1. The molecule has 0 aliphatic carbocycles. The number of hydrogen-bond donors (Lipinski definition) is 2. The second-order valence-corrected chi connectivity index (χ2v) is 5.97. The number of unbranched alkanes of at least 4 members (excludes halogenated alkanes) is 1. The number of amides is 1. The zero-order chi connectivity index (χ0) is 14.3. The molecule has 1 amide bonds. The third-order valence-corrected chi connectivity index (χ3v) is 4.14. The van der Waals surface area contributed by atoms with Gasteiger partial charge in [0.25, 0.3) is 0 Å². The number of likely N-dealkylation sites (N-methyl/N-ethyl adjacent to an activating group) is 1. The second-order valence-electron chi connectivity index (χ2n) is 4.99. The first-order valence-corrected chi connectivity index (χ1v) is 7.67. The Morgan fingerprint density at radius 3 is 2.79 bits per heavy atom. The van der Waals surface area contributed by atoms with Crippen LogP contribution in [0.5, 0.6) is 0 Å². The first-order valence-electron chi connectivity index (χ1n) is 6.79. The predicted molar refractivity (Wildman–Crippen MR) is 81.3 cm³/mol. The lowest BCUT2D eigenvalue weighted by Crippen LogP contribution is -2.43. The molecule has 19 heavy (non-hydrogen) atoms. The topological polar surface area (TPSA) is 58.4 Å². The number of carbonyl (C=O) groups excluding carboxylic acids is 1. The minimum atomic E-state index is -0.383. The third kappa shape index (κ3) is 5.30. The number of carbonyl (C=O) groups is 1. The van der Waals surface area contributed by atoms with Gasteiger partial charge in [0.1, 0.15) is 0 Å². The molecule has 0 fully saturated rings. The van der Waals surface area contributed by atoms with Crippen LogP contribution < -0.4 is 11.1 Å². The van der Waals surface area contributed by atoms with Gasteiger partial charge in [0.05, 0.1) is 12.1 Å². The van der Waals surface area contributed by atoms with E-state index in [9.17, 15) is 4.79 Å². The molecule has 0 spiro atoms. The van der Waals surface area contributed by atoms with Crippen LogP contribution in [0.15, 0.2) is 17.5 Å². The lowest BCUT2D eigenvalue weighted by Gasteiger charge is -2.24. The quantitative estimate of drug-likeness (QED) is 0.767. The summed E-state index contributed by atoms with van der Waals surface area (Å²) < 4.78 is 0. The Morgan fingerprint density at radius 1 is 1.53 bits per heavy atom. The van der Waals surface area contributed by atoms with E-state index < -0.39 is 0 Å². The monoisotopic (exact) mass is 283 g/mol. The van der Waals surface area contributed by atoms with Crippen molar-refractivity contribution >= 4 is 17.2 Å². The van der Waals surface area contributed by atoms with Crippen molar-refractivity contribution in [2.24, 2.45) is 5.73 Å². The highest BCUT2D eigenvalue weighted by atomic mass is 32.1. The number of nitrogens with zero attached hydrogens (tertiary/aromatic N) is 1. The summed E-state index contributed by atoms with van der Waals surface area (Å²) in [5.41, 5.74) is 5.86. The molecular weight excluding hydrogens is 258 g/mol. The van der Waals surface area contributed by atoms with Crippen LogP contribution in [-0.4, -0.2) is 37.5 Å². The van der Waals surface area contributed by atoms with E-state index in [-0.39, 0.29) is 18.0 Å². The van der Waals surface area contributed by atoms with E-state index in [4.69, 9.17) is 5.73 Å². The lowest BCUT2D eigenvalue weighted by atomic mass is 10.1. The number of rotatable bonds is 8. The van der Waals surface area contributed by atoms with Crippen LogP contribution in [0, 0.1) is 0 Å². The van der Waals surface area contributed by atoms with E-state index in [1.807, 2.05) is 20.2 Å². The molecule has 1 rings (SSSR count). The summed E-state index contributed by atoms with van der Waals surface area (Å²) in [4.78, 5) is 15.3. The van der Waals surface area contributed by atoms with E-state index in [0.29, 0.717) is 6.54 Å². The van der Waals surface area contributed by atoms with E-state index >= 15 is 0 Å². The highest BCUT2D eigenvalue weighted by Gasteiger charge is 2.18. The Morgan fingerprint density at radius 2 is 2.26 bits per heavy atom. The minimum Gasteiger partial charge on any atom is -0.353 e. The van der Waals surface area contributed by atoms with Crippen molar-refractivity contribution in [1.82, 2.24) is 10.2 Å². The van der Waals surface area contributed by atoms with Gasteiger partial charge in [-0.25, -0.2) is 0 Å². The largest absolute Gasteiger partial charge is 0.353 e. The van der Waals surface area contributed by atoms with Crippen LogP contribution >= 0.6 is 11.3 Å². The van der Waals surface area contributed by atoms with Gasteiger partial charge in [0.15, 0.2) is 0 Å². The molecule has 3 N–H and O–H groups in total. The summed E-state index contributed by atoms with van der Waals surface area (Å²) in [6.07, 6.45) is 2.82. The standard InChI is InChI=1S/C14H25N3OS/c1-4-5-7-11(15)14(18)16-10-12(17(2)3)13-8-6-9-19-13/h6,8-9,11-12H,4-5,7,10,15H2,1-3H3,(H,16,18). The number of thiophene rings is 1. The van der Waals surface area contributed by atoms with E-state index in [1.165, 1.54) is 4.88 Å². The molecule has 0 saturated carbocycles. The van der Waals surface area contributed by atoms with Gasteiger partial charge in [-0.3, -0.25) is 4.79 Å². The zero-order valence-corrected chi connectivity index (χ0v) is 12.9. The van der Waals surface area contributed by atoms with Crippen LogP contribution in [0.1, 0.15) is 37.1 Å². The maximum absolute atomic E-state index is 11.9.